The van der Waals surface area contributed by atoms with Crippen LogP contribution in [0.5, 0.6) is 0 Å². The molecule has 0 spiro atoms. The number of fused-ring (bicyclic) bond motifs is 1. The summed E-state index contributed by atoms with van der Waals surface area (Å²) in [5, 5.41) is 22.3. The number of nitrogens with zero attached hydrogens (tertiary/aromatic N) is 4. The molecule has 0 fully saturated rings. The summed E-state index contributed by atoms with van der Waals surface area (Å²) >= 11 is 2.91. The van der Waals surface area contributed by atoms with E-state index in [1.165, 1.54) is 23.1 Å². The Morgan fingerprint density at radius 1 is 1.41 bits per heavy atom. The largest absolute Gasteiger partial charge is 0.316 e. The number of hydrogen-bond acceptors (Lipinski definition) is 6. The van der Waals surface area contributed by atoms with Crippen LogP contribution in [0.3, 0.4) is 0 Å². The molecule has 0 saturated carbocycles. The lowest BCUT2D eigenvalue weighted by atomic mass is 10.1. The van der Waals surface area contributed by atoms with Crippen molar-refractivity contribution in [1.82, 2.24) is 14.8 Å². The lowest BCUT2D eigenvalue weighted by Gasteiger charge is -2.07. The van der Waals surface area contributed by atoms with E-state index in [2.05, 4.69) is 28.2 Å². The van der Waals surface area contributed by atoms with E-state index in [0.29, 0.717) is 22.3 Å². The summed E-state index contributed by atoms with van der Waals surface area (Å²) in [6.07, 6.45) is 7.98. The Hall–Kier alpha value is -2.11. The van der Waals surface area contributed by atoms with Crippen LogP contribution in [-0.2, 0) is 30.6 Å². The summed E-state index contributed by atoms with van der Waals surface area (Å²) in [5.41, 5.74) is 1.79. The van der Waals surface area contributed by atoms with E-state index in [0.717, 1.165) is 43.5 Å². The van der Waals surface area contributed by atoms with Crippen LogP contribution in [0, 0.1) is 11.3 Å². The lowest BCUT2D eigenvalue weighted by Crippen LogP contribution is -2.14. The molecule has 2 aromatic rings. The van der Waals surface area contributed by atoms with Gasteiger partial charge in [-0.25, -0.2) is 0 Å². The molecule has 0 unspecified atom stereocenters. The third-order valence-electron chi connectivity index (χ3n) is 4.54. The average molecular weight is 402 g/mol. The maximum absolute atomic E-state index is 12.5. The quantitative estimate of drug-likeness (QED) is 0.431. The molecule has 6 nitrogen and oxygen atoms in total. The number of allylic oxidation sites excluding steroid dienone is 1. The summed E-state index contributed by atoms with van der Waals surface area (Å²) in [4.78, 5) is 13.7. The molecule has 8 heteroatoms. The van der Waals surface area contributed by atoms with Crippen molar-refractivity contribution < 1.29 is 4.79 Å². The number of hydrogen-bond donors (Lipinski definition) is 1. The number of carbonyl (C=O) groups is 1. The molecule has 1 aliphatic carbocycles. The van der Waals surface area contributed by atoms with E-state index >= 15 is 0 Å². The van der Waals surface area contributed by atoms with Crippen LogP contribution in [0.2, 0.25) is 0 Å². The van der Waals surface area contributed by atoms with Crippen molar-refractivity contribution >= 4 is 34.0 Å². The Morgan fingerprint density at radius 2 is 2.22 bits per heavy atom. The fraction of sp³-hybridized carbons (Fsp3) is 0.474. The minimum absolute atomic E-state index is 0.126. The van der Waals surface area contributed by atoms with E-state index in [9.17, 15) is 10.1 Å². The van der Waals surface area contributed by atoms with Gasteiger partial charge < -0.3 is 9.88 Å². The molecule has 3 rings (SSSR count). The zero-order valence-corrected chi connectivity index (χ0v) is 17.1. The second-order valence-corrected chi connectivity index (χ2v) is 8.42. The van der Waals surface area contributed by atoms with Gasteiger partial charge in [0.15, 0.2) is 5.16 Å². The van der Waals surface area contributed by atoms with Gasteiger partial charge in [0.05, 0.1) is 11.3 Å². The number of aromatic nitrogens is 3. The Balaban J connectivity index is 1.68. The number of anilines is 1. The van der Waals surface area contributed by atoms with Crippen molar-refractivity contribution in [2.24, 2.45) is 0 Å². The molecule has 2 aromatic heterocycles. The minimum Gasteiger partial charge on any atom is -0.316 e. The second kappa shape index (κ2) is 9.20. The molecule has 1 aliphatic rings. The number of aryl methyl sites for hydroxylation is 2. The van der Waals surface area contributed by atoms with E-state index in [1.54, 1.807) is 17.4 Å². The molecule has 0 atom stereocenters. The monoisotopic (exact) mass is 401 g/mol. The highest BCUT2D eigenvalue weighted by Gasteiger charge is 2.21. The van der Waals surface area contributed by atoms with Gasteiger partial charge in [0.1, 0.15) is 16.9 Å². The fourth-order valence-electron chi connectivity index (χ4n) is 3.24. The van der Waals surface area contributed by atoms with Crippen molar-refractivity contribution in [2.75, 3.05) is 11.1 Å². The molecule has 27 heavy (non-hydrogen) atoms. The average Bonchev–Trinajstić information content (AvgIpc) is 3.12. The number of nitriles is 1. The first-order valence-corrected chi connectivity index (χ1v) is 11.0. The smallest absolute Gasteiger partial charge is 0.235 e. The van der Waals surface area contributed by atoms with Gasteiger partial charge in [0.25, 0.3) is 0 Å². The first-order valence-electron chi connectivity index (χ1n) is 9.18. The first kappa shape index (κ1) is 19.6. The standard InChI is InChI=1S/C19H23N5OS2/c1-3-10-24-16(4-2)22-23-19(24)26-12-17(25)21-18-14(11-20)13-8-6-5-7-9-15(13)27-18/h3H,1,4-10,12H2,2H3,(H,21,25). The number of carbonyl (C=O) groups excluding carboxylic acids is 1. The van der Waals surface area contributed by atoms with Gasteiger partial charge in [0, 0.05) is 17.8 Å². The zero-order valence-electron chi connectivity index (χ0n) is 15.5. The minimum atomic E-state index is -0.126. The molecular formula is C19H23N5OS2. The molecule has 142 valence electrons. The van der Waals surface area contributed by atoms with Gasteiger partial charge in [-0.15, -0.1) is 28.1 Å². The number of rotatable bonds is 7. The number of thioether (sulfide) groups is 1. The van der Waals surface area contributed by atoms with Gasteiger partial charge in [-0.3, -0.25) is 4.79 Å². The number of amides is 1. The molecule has 2 heterocycles. The summed E-state index contributed by atoms with van der Waals surface area (Å²) in [7, 11) is 0. The summed E-state index contributed by atoms with van der Waals surface area (Å²) in [6.45, 7) is 6.41. The van der Waals surface area contributed by atoms with Crippen LogP contribution in [0.1, 0.15) is 48.0 Å². The van der Waals surface area contributed by atoms with Crippen LogP contribution in [0.25, 0.3) is 0 Å². The molecule has 1 amide bonds. The molecule has 0 saturated heterocycles. The Kier molecular flexibility index (Phi) is 6.69. The molecule has 0 radical (unpaired) electrons. The zero-order chi connectivity index (χ0) is 19.2. The van der Waals surface area contributed by atoms with Gasteiger partial charge in [-0.1, -0.05) is 31.2 Å². The summed E-state index contributed by atoms with van der Waals surface area (Å²) in [6, 6.07) is 2.30. The third kappa shape index (κ3) is 4.42. The summed E-state index contributed by atoms with van der Waals surface area (Å²) in [5.74, 6) is 0.984. The highest BCUT2D eigenvalue weighted by molar-refractivity contribution is 7.99. The maximum Gasteiger partial charge on any atom is 0.235 e. The molecule has 0 aliphatic heterocycles. The Labute approximate surface area is 167 Å². The molecule has 1 N–H and O–H groups in total. The van der Waals surface area contributed by atoms with Crippen LogP contribution >= 0.6 is 23.1 Å². The van der Waals surface area contributed by atoms with Crippen LogP contribution in [0.4, 0.5) is 5.00 Å². The van der Waals surface area contributed by atoms with Gasteiger partial charge in [-0.2, -0.15) is 5.26 Å². The van der Waals surface area contributed by atoms with E-state index in [1.807, 2.05) is 11.5 Å². The fourth-order valence-corrected chi connectivity index (χ4v) is 5.26. The van der Waals surface area contributed by atoms with Crippen molar-refractivity contribution in [3.63, 3.8) is 0 Å². The second-order valence-electron chi connectivity index (χ2n) is 6.37. The Bertz CT molecular complexity index is 878. The highest BCUT2D eigenvalue weighted by atomic mass is 32.2. The maximum atomic E-state index is 12.5. The predicted octanol–water partition coefficient (Wildman–Crippen LogP) is 3.96. The van der Waals surface area contributed by atoms with Crippen molar-refractivity contribution in [3.05, 3.63) is 34.5 Å². The summed E-state index contributed by atoms with van der Waals surface area (Å²) < 4.78 is 1.97. The molecular weight excluding hydrogens is 378 g/mol. The predicted molar refractivity (Wildman–Crippen MR) is 109 cm³/mol. The highest BCUT2D eigenvalue weighted by Crippen LogP contribution is 2.37. The molecule has 0 aromatic carbocycles. The van der Waals surface area contributed by atoms with Crippen molar-refractivity contribution in [3.8, 4) is 6.07 Å². The van der Waals surface area contributed by atoms with Crippen LogP contribution in [-0.4, -0.2) is 26.4 Å². The lowest BCUT2D eigenvalue weighted by molar-refractivity contribution is -0.113. The topological polar surface area (TPSA) is 83.6 Å². The van der Waals surface area contributed by atoms with E-state index in [-0.39, 0.29) is 11.7 Å². The number of thiophene rings is 1. The number of nitrogens with one attached hydrogen (secondary N) is 1. The van der Waals surface area contributed by atoms with Crippen LogP contribution in [0.15, 0.2) is 17.8 Å². The van der Waals surface area contributed by atoms with E-state index in [4.69, 9.17) is 0 Å². The third-order valence-corrected chi connectivity index (χ3v) is 6.71. The van der Waals surface area contributed by atoms with Crippen LogP contribution < -0.4 is 5.32 Å². The van der Waals surface area contributed by atoms with Crippen molar-refractivity contribution in [2.45, 2.75) is 57.1 Å². The van der Waals surface area contributed by atoms with Gasteiger partial charge in [0.2, 0.25) is 5.91 Å². The van der Waals surface area contributed by atoms with Crippen molar-refractivity contribution in [1.29, 1.82) is 5.26 Å². The van der Waals surface area contributed by atoms with E-state index < -0.39 is 0 Å². The van der Waals surface area contributed by atoms with Gasteiger partial charge >= 0.3 is 0 Å². The Morgan fingerprint density at radius 3 is 2.96 bits per heavy atom. The first-order chi connectivity index (χ1) is 13.2. The van der Waals surface area contributed by atoms with Gasteiger partial charge in [-0.05, 0) is 31.2 Å². The normalized spacial score (nSPS) is 13.5. The molecule has 0 bridgehead atoms. The SMILES string of the molecule is C=CCn1c(CC)nnc1SCC(=O)Nc1sc2c(c1C#N)CCCCC2.